The highest BCUT2D eigenvalue weighted by Crippen LogP contribution is 2.27. The molecule has 0 saturated carbocycles. The highest BCUT2D eigenvalue weighted by atomic mass is 28.4. The monoisotopic (exact) mass is 326 g/mol. The van der Waals surface area contributed by atoms with E-state index in [1.807, 2.05) is 6.92 Å². The maximum atomic E-state index is 11.0. The largest absolute Gasteiger partial charge is 0.414 e. The van der Waals surface area contributed by atoms with Gasteiger partial charge >= 0.3 is 0 Å². The predicted molar refractivity (Wildman–Crippen MR) is 95.3 cm³/mol. The summed E-state index contributed by atoms with van der Waals surface area (Å²) in [5, 5.41) is 0. The minimum atomic E-state index is -1.66. The molecule has 0 heterocycles. The van der Waals surface area contributed by atoms with Crippen molar-refractivity contribution in [2.45, 2.75) is 97.4 Å². The van der Waals surface area contributed by atoms with E-state index in [1.54, 1.807) is 6.92 Å². The SMILES string of the molecule is CCC(=C=O)CC(CCCCC(C)=O)O[Si](CC)(CC)CC. The fraction of sp³-hybridized carbons (Fsp3) is 0.833. The van der Waals surface area contributed by atoms with E-state index in [-0.39, 0.29) is 11.9 Å². The number of Topliss-reactive ketones (excluding diaryl/α,β-unsaturated/α-hetero) is 1. The van der Waals surface area contributed by atoms with Gasteiger partial charge in [0.1, 0.15) is 11.7 Å². The van der Waals surface area contributed by atoms with Gasteiger partial charge in [-0.15, -0.1) is 0 Å². The predicted octanol–water partition coefficient (Wildman–Crippen LogP) is 5.08. The number of carbonyl (C=O) groups is 1. The van der Waals surface area contributed by atoms with Crippen LogP contribution < -0.4 is 0 Å². The van der Waals surface area contributed by atoms with Gasteiger partial charge in [-0.2, -0.15) is 0 Å². The van der Waals surface area contributed by atoms with Gasteiger partial charge in [-0.05, 0) is 44.3 Å². The van der Waals surface area contributed by atoms with Crippen LogP contribution in [0.1, 0.15) is 73.1 Å². The summed E-state index contributed by atoms with van der Waals surface area (Å²) in [7, 11) is -1.66. The minimum Gasteiger partial charge on any atom is -0.414 e. The van der Waals surface area contributed by atoms with Gasteiger partial charge in [-0.25, -0.2) is 4.79 Å². The molecule has 22 heavy (non-hydrogen) atoms. The quantitative estimate of drug-likeness (QED) is 0.269. The summed E-state index contributed by atoms with van der Waals surface area (Å²) >= 11 is 0. The number of rotatable bonds is 13. The summed E-state index contributed by atoms with van der Waals surface area (Å²) < 4.78 is 6.58. The molecule has 0 fully saturated rings. The van der Waals surface area contributed by atoms with Crippen LogP contribution in [0.3, 0.4) is 0 Å². The summed E-state index contributed by atoms with van der Waals surface area (Å²) in [6.07, 6.45) is 5.06. The zero-order valence-corrected chi connectivity index (χ0v) is 16.2. The molecular weight excluding hydrogens is 292 g/mol. The summed E-state index contributed by atoms with van der Waals surface area (Å²) in [5.41, 5.74) is 0.822. The van der Waals surface area contributed by atoms with Gasteiger partial charge in [0, 0.05) is 24.5 Å². The zero-order chi connectivity index (χ0) is 17.0. The average molecular weight is 327 g/mol. The van der Waals surface area contributed by atoms with Crippen LogP contribution in [-0.4, -0.2) is 26.1 Å². The zero-order valence-electron chi connectivity index (χ0n) is 15.2. The molecule has 0 bridgehead atoms. The molecule has 0 saturated heterocycles. The Kier molecular flexibility index (Phi) is 11.4. The van der Waals surface area contributed by atoms with Gasteiger partial charge < -0.3 is 9.22 Å². The molecule has 3 nitrogen and oxygen atoms in total. The Hall–Kier alpha value is -0.703. The molecule has 128 valence electrons. The van der Waals surface area contributed by atoms with Crippen molar-refractivity contribution in [2.75, 3.05) is 0 Å². The van der Waals surface area contributed by atoms with Crippen LogP contribution in [0.5, 0.6) is 0 Å². The third-order valence-corrected chi connectivity index (χ3v) is 9.40. The number of unbranched alkanes of at least 4 members (excludes halogenated alkanes) is 1. The van der Waals surface area contributed by atoms with Crippen molar-refractivity contribution in [3.05, 3.63) is 5.57 Å². The summed E-state index contributed by atoms with van der Waals surface area (Å²) in [5.74, 6) is 2.33. The molecule has 1 atom stereocenters. The lowest BCUT2D eigenvalue weighted by atomic mass is 10.0. The van der Waals surface area contributed by atoms with E-state index < -0.39 is 8.32 Å². The Morgan fingerprint density at radius 1 is 1.09 bits per heavy atom. The first-order valence-corrected chi connectivity index (χ1v) is 11.4. The van der Waals surface area contributed by atoms with Crippen LogP contribution in [0.4, 0.5) is 0 Å². The van der Waals surface area contributed by atoms with Crippen LogP contribution in [0, 0.1) is 0 Å². The second-order valence-electron chi connectivity index (χ2n) is 6.19. The third kappa shape index (κ3) is 8.07. The number of ketones is 1. The summed E-state index contributed by atoms with van der Waals surface area (Å²) in [6, 6.07) is 3.36. The van der Waals surface area contributed by atoms with E-state index in [4.69, 9.17) is 4.43 Å². The van der Waals surface area contributed by atoms with Crippen molar-refractivity contribution in [1.82, 2.24) is 0 Å². The Morgan fingerprint density at radius 3 is 2.09 bits per heavy atom. The second-order valence-corrected chi connectivity index (χ2v) is 10.9. The summed E-state index contributed by atoms with van der Waals surface area (Å²) in [6.45, 7) is 10.3. The van der Waals surface area contributed by atoms with Crippen molar-refractivity contribution in [3.63, 3.8) is 0 Å². The molecule has 0 aromatic carbocycles. The van der Waals surface area contributed by atoms with Gasteiger partial charge in [-0.1, -0.05) is 34.1 Å². The van der Waals surface area contributed by atoms with E-state index in [1.165, 1.54) is 0 Å². The third-order valence-electron chi connectivity index (χ3n) is 4.70. The average Bonchev–Trinajstić information content (AvgIpc) is 2.53. The van der Waals surface area contributed by atoms with Gasteiger partial charge in [0.2, 0.25) is 0 Å². The molecule has 0 aliphatic rings. The molecule has 0 aromatic heterocycles. The highest BCUT2D eigenvalue weighted by Gasteiger charge is 2.32. The van der Waals surface area contributed by atoms with Crippen molar-refractivity contribution >= 4 is 20.0 Å². The maximum Gasteiger partial charge on any atom is 0.192 e. The molecule has 0 radical (unpaired) electrons. The number of hydrogen-bond donors (Lipinski definition) is 0. The molecule has 0 N–H and O–H groups in total. The summed E-state index contributed by atoms with van der Waals surface area (Å²) in [4.78, 5) is 22.1. The minimum absolute atomic E-state index is 0.120. The number of carbonyl (C=O) groups excluding carboxylic acids is 2. The van der Waals surface area contributed by atoms with E-state index in [0.29, 0.717) is 12.8 Å². The molecule has 0 aromatic rings. The standard InChI is InChI=1S/C18H34O3Si/c1-6-17(15-19)14-18(13-11-10-12-16(5)20)21-22(7-2,8-3)9-4/h18H,6-14H2,1-5H3. The molecule has 0 amide bonds. The molecule has 1 unspecified atom stereocenters. The van der Waals surface area contributed by atoms with E-state index >= 15 is 0 Å². The Bertz CT molecular complexity index is 360. The van der Waals surface area contributed by atoms with Crippen LogP contribution in [0.15, 0.2) is 5.57 Å². The van der Waals surface area contributed by atoms with E-state index in [9.17, 15) is 9.59 Å². The smallest absolute Gasteiger partial charge is 0.192 e. The number of hydrogen-bond acceptors (Lipinski definition) is 3. The molecule has 0 aliphatic heterocycles. The van der Waals surface area contributed by atoms with E-state index in [0.717, 1.165) is 49.4 Å². The van der Waals surface area contributed by atoms with Crippen molar-refractivity contribution in [2.24, 2.45) is 0 Å². The highest BCUT2D eigenvalue weighted by molar-refractivity contribution is 6.73. The molecule has 0 aliphatic carbocycles. The van der Waals surface area contributed by atoms with E-state index in [2.05, 4.69) is 26.7 Å². The molecule has 4 heteroatoms. The first-order chi connectivity index (χ1) is 10.5. The van der Waals surface area contributed by atoms with Gasteiger partial charge in [-0.3, -0.25) is 0 Å². The molecule has 0 rings (SSSR count). The molecular formula is C18H34O3Si. The topological polar surface area (TPSA) is 43.4 Å². The first-order valence-electron chi connectivity index (χ1n) is 8.86. The van der Waals surface area contributed by atoms with Crippen molar-refractivity contribution < 1.29 is 14.0 Å². The van der Waals surface area contributed by atoms with Crippen molar-refractivity contribution in [3.8, 4) is 0 Å². The fourth-order valence-electron chi connectivity index (χ4n) is 2.84. The second kappa shape index (κ2) is 11.8. The lowest BCUT2D eigenvalue weighted by Gasteiger charge is -2.33. The normalized spacial score (nSPS) is 12.8. The lowest BCUT2D eigenvalue weighted by molar-refractivity contribution is -0.117. The lowest BCUT2D eigenvalue weighted by Crippen LogP contribution is -2.40. The Labute approximate surface area is 137 Å². The Morgan fingerprint density at radius 2 is 1.68 bits per heavy atom. The first kappa shape index (κ1) is 21.3. The molecule has 0 spiro atoms. The van der Waals surface area contributed by atoms with Crippen LogP contribution in [-0.2, 0) is 14.0 Å². The van der Waals surface area contributed by atoms with Crippen molar-refractivity contribution in [1.29, 1.82) is 0 Å². The Balaban J connectivity index is 4.76. The van der Waals surface area contributed by atoms with Crippen LogP contribution >= 0.6 is 0 Å². The maximum absolute atomic E-state index is 11.0. The van der Waals surface area contributed by atoms with Gasteiger partial charge in [0.05, 0.1) is 0 Å². The fourth-order valence-corrected chi connectivity index (χ4v) is 5.74. The van der Waals surface area contributed by atoms with Gasteiger partial charge in [0.15, 0.2) is 8.32 Å². The van der Waals surface area contributed by atoms with Crippen LogP contribution in [0.25, 0.3) is 0 Å². The van der Waals surface area contributed by atoms with Gasteiger partial charge in [0.25, 0.3) is 0 Å². The van der Waals surface area contributed by atoms with Crippen LogP contribution in [0.2, 0.25) is 18.1 Å².